The molecule has 0 radical (unpaired) electrons. The Morgan fingerprint density at radius 3 is 3.07 bits per heavy atom. The Morgan fingerprint density at radius 1 is 1.64 bits per heavy atom. The maximum atomic E-state index is 5.91. The second kappa shape index (κ2) is 6.09. The van der Waals surface area contributed by atoms with Crippen molar-refractivity contribution in [2.24, 2.45) is 0 Å². The Kier molecular flexibility index (Phi) is 5.04. The van der Waals surface area contributed by atoms with Crippen molar-refractivity contribution in [2.45, 2.75) is 19.9 Å². The maximum Gasteiger partial charge on any atom is 0.148 e. The lowest BCUT2D eigenvalue weighted by atomic mass is 10.4. The van der Waals surface area contributed by atoms with E-state index in [9.17, 15) is 0 Å². The van der Waals surface area contributed by atoms with Gasteiger partial charge in [0.05, 0.1) is 6.20 Å². The molecule has 0 aliphatic heterocycles. The maximum absolute atomic E-state index is 5.91. The van der Waals surface area contributed by atoms with Crippen molar-refractivity contribution in [1.29, 1.82) is 0 Å². The standard InChI is InChI=1S/C9H14ClN3S/c1-3-14-5-7(2)13-9-8(10)4-11-6-12-9/h4,6-7H,3,5H2,1-2H3,(H,11,12,13). The Labute approximate surface area is 93.7 Å². The zero-order chi connectivity index (χ0) is 10.4. The van der Waals surface area contributed by atoms with Gasteiger partial charge in [-0.1, -0.05) is 18.5 Å². The summed E-state index contributed by atoms with van der Waals surface area (Å²) >= 11 is 7.80. The molecule has 1 aromatic rings. The molecular formula is C9H14ClN3S. The minimum Gasteiger partial charge on any atom is -0.365 e. The van der Waals surface area contributed by atoms with Gasteiger partial charge in [-0.2, -0.15) is 11.8 Å². The topological polar surface area (TPSA) is 37.8 Å². The fourth-order valence-electron chi connectivity index (χ4n) is 0.989. The van der Waals surface area contributed by atoms with Crippen LogP contribution in [0.25, 0.3) is 0 Å². The molecule has 1 aromatic heterocycles. The molecule has 0 aliphatic rings. The van der Waals surface area contributed by atoms with E-state index >= 15 is 0 Å². The number of hydrogen-bond donors (Lipinski definition) is 1. The van der Waals surface area contributed by atoms with Crippen molar-refractivity contribution in [3.05, 3.63) is 17.5 Å². The molecular weight excluding hydrogens is 218 g/mol. The van der Waals surface area contributed by atoms with Gasteiger partial charge in [-0.15, -0.1) is 0 Å². The fraction of sp³-hybridized carbons (Fsp3) is 0.556. The molecule has 0 bridgehead atoms. The first-order valence-electron chi connectivity index (χ1n) is 4.53. The van der Waals surface area contributed by atoms with Gasteiger partial charge in [0.2, 0.25) is 0 Å². The highest BCUT2D eigenvalue weighted by Gasteiger charge is 2.05. The van der Waals surface area contributed by atoms with E-state index < -0.39 is 0 Å². The molecule has 0 saturated heterocycles. The number of nitrogens with zero attached hydrogens (tertiary/aromatic N) is 2. The Morgan fingerprint density at radius 2 is 2.43 bits per heavy atom. The molecule has 1 N–H and O–H groups in total. The van der Waals surface area contributed by atoms with Gasteiger partial charge >= 0.3 is 0 Å². The van der Waals surface area contributed by atoms with Crippen molar-refractivity contribution in [3.63, 3.8) is 0 Å². The summed E-state index contributed by atoms with van der Waals surface area (Å²) in [4.78, 5) is 7.89. The van der Waals surface area contributed by atoms with Gasteiger partial charge in [0.25, 0.3) is 0 Å². The van der Waals surface area contributed by atoms with Gasteiger partial charge in [-0.3, -0.25) is 0 Å². The van der Waals surface area contributed by atoms with Crippen LogP contribution in [-0.2, 0) is 0 Å². The van der Waals surface area contributed by atoms with E-state index in [1.807, 2.05) is 11.8 Å². The molecule has 14 heavy (non-hydrogen) atoms. The van der Waals surface area contributed by atoms with Gasteiger partial charge in [-0.25, -0.2) is 9.97 Å². The first kappa shape index (κ1) is 11.6. The fourth-order valence-corrected chi connectivity index (χ4v) is 1.82. The van der Waals surface area contributed by atoms with Crippen LogP contribution in [0.3, 0.4) is 0 Å². The minimum absolute atomic E-state index is 0.368. The molecule has 1 atom stereocenters. The average Bonchev–Trinajstić information content (AvgIpc) is 2.18. The molecule has 0 fully saturated rings. The summed E-state index contributed by atoms with van der Waals surface area (Å²) in [6.07, 6.45) is 3.09. The van der Waals surface area contributed by atoms with Crippen LogP contribution in [-0.4, -0.2) is 27.5 Å². The number of aromatic nitrogens is 2. The molecule has 78 valence electrons. The highest BCUT2D eigenvalue weighted by Crippen LogP contribution is 2.17. The van der Waals surface area contributed by atoms with Crippen molar-refractivity contribution in [2.75, 3.05) is 16.8 Å². The number of hydrogen-bond acceptors (Lipinski definition) is 4. The molecule has 5 heteroatoms. The predicted molar refractivity (Wildman–Crippen MR) is 63.1 cm³/mol. The number of thioether (sulfide) groups is 1. The highest BCUT2D eigenvalue weighted by atomic mass is 35.5. The largest absolute Gasteiger partial charge is 0.365 e. The first-order valence-corrected chi connectivity index (χ1v) is 6.07. The summed E-state index contributed by atoms with van der Waals surface area (Å²) < 4.78 is 0. The van der Waals surface area contributed by atoms with Crippen LogP contribution in [0.2, 0.25) is 5.02 Å². The van der Waals surface area contributed by atoms with Crippen LogP contribution in [0, 0.1) is 0 Å². The predicted octanol–water partition coefficient (Wildman–Crippen LogP) is 2.68. The summed E-state index contributed by atoms with van der Waals surface area (Å²) in [5.41, 5.74) is 0. The number of rotatable bonds is 5. The van der Waals surface area contributed by atoms with E-state index in [-0.39, 0.29) is 0 Å². The molecule has 3 nitrogen and oxygen atoms in total. The summed E-state index contributed by atoms with van der Waals surface area (Å²) in [5.74, 6) is 2.89. The van der Waals surface area contributed by atoms with Gasteiger partial charge in [0.1, 0.15) is 17.2 Å². The van der Waals surface area contributed by atoms with Crippen molar-refractivity contribution in [3.8, 4) is 0 Å². The van der Waals surface area contributed by atoms with Gasteiger partial charge < -0.3 is 5.32 Å². The minimum atomic E-state index is 0.368. The normalized spacial score (nSPS) is 12.5. The van der Waals surface area contributed by atoms with Crippen molar-refractivity contribution >= 4 is 29.2 Å². The quantitative estimate of drug-likeness (QED) is 0.846. The van der Waals surface area contributed by atoms with Crippen LogP contribution in [0.4, 0.5) is 5.82 Å². The number of nitrogens with one attached hydrogen (secondary N) is 1. The van der Waals surface area contributed by atoms with Gasteiger partial charge in [0, 0.05) is 11.8 Å². The summed E-state index contributed by atoms with van der Waals surface area (Å²) in [7, 11) is 0. The van der Waals surface area contributed by atoms with Gasteiger partial charge in [-0.05, 0) is 12.7 Å². The monoisotopic (exact) mass is 231 g/mol. The van der Waals surface area contributed by atoms with Crippen LogP contribution in [0.5, 0.6) is 0 Å². The molecule has 0 amide bonds. The molecule has 1 unspecified atom stereocenters. The number of halogens is 1. The van der Waals surface area contributed by atoms with Crippen LogP contribution >= 0.6 is 23.4 Å². The third-order valence-corrected chi connectivity index (χ3v) is 3.04. The van der Waals surface area contributed by atoms with E-state index in [1.54, 1.807) is 6.20 Å². The molecule has 1 heterocycles. The summed E-state index contributed by atoms with van der Waals surface area (Å²) in [6, 6.07) is 0.368. The van der Waals surface area contributed by atoms with Crippen LogP contribution in [0.1, 0.15) is 13.8 Å². The van der Waals surface area contributed by atoms with Crippen LogP contribution < -0.4 is 5.32 Å². The van der Waals surface area contributed by atoms with E-state index in [2.05, 4.69) is 29.1 Å². The van der Waals surface area contributed by atoms with E-state index in [4.69, 9.17) is 11.6 Å². The van der Waals surface area contributed by atoms with Gasteiger partial charge in [0.15, 0.2) is 0 Å². The average molecular weight is 232 g/mol. The lowest BCUT2D eigenvalue weighted by Gasteiger charge is -2.13. The van der Waals surface area contributed by atoms with E-state index in [1.165, 1.54) is 6.33 Å². The van der Waals surface area contributed by atoms with Crippen molar-refractivity contribution in [1.82, 2.24) is 9.97 Å². The summed E-state index contributed by atoms with van der Waals surface area (Å²) in [5, 5.41) is 3.81. The van der Waals surface area contributed by atoms with Crippen molar-refractivity contribution < 1.29 is 0 Å². The lowest BCUT2D eigenvalue weighted by molar-refractivity contribution is 0.899. The molecule has 0 saturated carbocycles. The SMILES string of the molecule is CCSCC(C)Nc1ncncc1Cl. The Bertz CT molecular complexity index is 283. The zero-order valence-corrected chi connectivity index (χ0v) is 9.90. The summed E-state index contributed by atoms with van der Waals surface area (Å²) in [6.45, 7) is 4.26. The second-order valence-corrected chi connectivity index (χ2v) is 4.65. The highest BCUT2D eigenvalue weighted by molar-refractivity contribution is 7.99. The molecule has 1 rings (SSSR count). The first-order chi connectivity index (χ1) is 6.74. The smallest absolute Gasteiger partial charge is 0.148 e. The third-order valence-electron chi connectivity index (χ3n) is 1.62. The zero-order valence-electron chi connectivity index (χ0n) is 8.33. The Hall–Kier alpha value is -0.480. The Balaban J connectivity index is 2.47. The third kappa shape index (κ3) is 3.72. The number of anilines is 1. The van der Waals surface area contributed by atoms with E-state index in [0.717, 1.165) is 11.5 Å². The molecule has 0 spiro atoms. The lowest BCUT2D eigenvalue weighted by Crippen LogP contribution is -2.19. The van der Waals surface area contributed by atoms with E-state index in [0.29, 0.717) is 16.9 Å². The molecule has 0 aromatic carbocycles. The second-order valence-electron chi connectivity index (χ2n) is 2.92. The van der Waals surface area contributed by atoms with Crippen LogP contribution in [0.15, 0.2) is 12.5 Å². The molecule has 0 aliphatic carbocycles.